The summed E-state index contributed by atoms with van der Waals surface area (Å²) in [6, 6.07) is 10.6. The van der Waals surface area contributed by atoms with Gasteiger partial charge in [0.05, 0.1) is 11.5 Å². The monoisotopic (exact) mass is 773 g/mol. The highest BCUT2D eigenvalue weighted by atomic mass is 32.2. The van der Waals surface area contributed by atoms with Gasteiger partial charge < -0.3 is 24.8 Å². The first-order valence-electron chi connectivity index (χ1n) is 17.6. The van der Waals surface area contributed by atoms with Gasteiger partial charge in [0.25, 0.3) is 0 Å². The van der Waals surface area contributed by atoms with Crippen molar-refractivity contribution >= 4 is 39.7 Å². The van der Waals surface area contributed by atoms with Crippen LogP contribution in [-0.4, -0.2) is 85.7 Å². The van der Waals surface area contributed by atoms with Crippen molar-refractivity contribution < 1.29 is 45.4 Å². The molecule has 2 atom stereocenters. The number of hydrogen-bond acceptors (Lipinski definition) is 11. The van der Waals surface area contributed by atoms with E-state index < -0.39 is 57.1 Å². The number of rotatable bonds is 9. The van der Waals surface area contributed by atoms with Crippen LogP contribution in [0.4, 0.5) is 29.7 Å². The summed E-state index contributed by atoms with van der Waals surface area (Å²) in [6.07, 6.45) is -2.14. The van der Waals surface area contributed by atoms with E-state index in [1.807, 2.05) is 4.90 Å². The van der Waals surface area contributed by atoms with Crippen LogP contribution in [-0.2, 0) is 24.1 Å². The van der Waals surface area contributed by atoms with Crippen molar-refractivity contribution in [3.63, 3.8) is 0 Å². The SMILES string of the molecule is C/C=C/c1ccc(C(Oc2cc(N3CCC4(CC3)C[C@@H](C(=O)OCC)N(C(=O)OC(C)(C)C)C4)nc(N)n2)C(F)(F)F)c(-c2cccc(S(C)(=O)=O)c2)c1. The Morgan fingerprint density at radius 1 is 1.07 bits per heavy atom. The minimum atomic E-state index is -4.93. The average molecular weight is 774 g/mol. The minimum absolute atomic E-state index is 0.0463. The van der Waals surface area contributed by atoms with Crippen LogP contribution in [0.15, 0.2) is 59.5 Å². The van der Waals surface area contributed by atoms with E-state index in [0.29, 0.717) is 37.9 Å². The lowest BCUT2D eigenvalue weighted by molar-refractivity contribution is -0.198. The third kappa shape index (κ3) is 9.43. The van der Waals surface area contributed by atoms with Crippen molar-refractivity contribution in [2.45, 2.75) is 82.7 Å². The molecule has 3 heterocycles. The molecular weight excluding hydrogens is 728 g/mol. The lowest BCUT2D eigenvalue weighted by Crippen LogP contribution is -2.45. The normalized spacial score (nSPS) is 18.2. The predicted molar refractivity (Wildman–Crippen MR) is 197 cm³/mol. The van der Waals surface area contributed by atoms with Crippen molar-refractivity contribution in [3.05, 3.63) is 65.7 Å². The van der Waals surface area contributed by atoms with Gasteiger partial charge in [-0.05, 0) is 94.2 Å². The molecule has 1 spiro atoms. The van der Waals surface area contributed by atoms with Crippen LogP contribution in [0.2, 0.25) is 0 Å². The summed E-state index contributed by atoms with van der Waals surface area (Å²) in [5, 5.41) is 0. The summed E-state index contributed by atoms with van der Waals surface area (Å²) in [7, 11) is -3.66. The smallest absolute Gasteiger partial charge is 0.429 e. The van der Waals surface area contributed by atoms with Crippen LogP contribution in [0.1, 0.15) is 71.1 Å². The lowest BCUT2D eigenvalue weighted by atomic mass is 9.76. The molecule has 1 aromatic heterocycles. The third-order valence-corrected chi connectivity index (χ3v) is 10.5. The number of anilines is 2. The number of nitrogens with two attached hydrogens (primary N) is 1. The molecule has 2 aliphatic rings. The standard InChI is InChI=1S/C38H46F3N5O7S/c1-7-10-24-13-14-27(28(19-24)25-11-9-12-26(20-25)54(6,49)50)32(38(39,40)41)52-31-21-30(43-34(42)44-31)45-17-15-37(16-18-45)22-29(33(47)51-8-2)46(23-37)35(48)53-36(3,4)5/h7,9-14,19-21,29,32H,8,15-18,22-23H2,1-6H3,(H2,42,43,44)/b10-7+/t29-,32?/m0/s1. The lowest BCUT2D eigenvalue weighted by Gasteiger charge is -2.39. The molecule has 1 amide bonds. The third-order valence-electron chi connectivity index (χ3n) is 9.38. The van der Waals surface area contributed by atoms with Gasteiger partial charge >= 0.3 is 18.2 Å². The summed E-state index contributed by atoms with van der Waals surface area (Å²) >= 11 is 0. The molecule has 0 aliphatic carbocycles. The summed E-state index contributed by atoms with van der Waals surface area (Å²) in [4.78, 5) is 37.6. The number of allylic oxidation sites excluding steroid dienone is 1. The molecule has 54 heavy (non-hydrogen) atoms. The van der Waals surface area contributed by atoms with E-state index in [1.54, 1.807) is 52.8 Å². The molecule has 2 N–H and O–H groups in total. The molecule has 16 heteroatoms. The number of piperidine rings is 1. The molecule has 0 bridgehead atoms. The summed E-state index contributed by atoms with van der Waals surface area (Å²) in [6.45, 7) is 9.92. The van der Waals surface area contributed by atoms with E-state index in [9.17, 15) is 31.2 Å². The molecule has 2 aliphatic heterocycles. The van der Waals surface area contributed by atoms with Crippen molar-refractivity contribution in [2.24, 2.45) is 5.41 Å². The molecular formula is C38H46F3N5O7S. The average Bonchev–Trinajstić information content (AvgIpc) is 3.45. The first-order chi connectivity index (χ1) is 25.2. The van der Waals surface area contributed by atoms with E-state index in [1.165, 1.54) is 47.4 Å². The Morgan fingerprint density at radius 3 is 2.39 bits per heavy atom. The Balaban J connectivity index is 1.42. The van der Waals surface area contributed by atoms with Gasteiger partial charge in [-0.1, -0.05) is 36.4 Å². The van der Waals surface area contributed by atoms with Crippen LogP contribution in [0, 0.1) is 5.41 Å². The van der Waals surface area contributed by atoms with Crippen molar-refractivity contribution in [2.75, 3.05) is 43.1 Å². The van der Waals surface area contributed by atoms with Crippen molar-refractivity contribution in [1.29, 1.82) is 0 Å². The molecule has 0 saturated carbocycles. The van der Waals surface area contributed by atoms with Crippen LogP contribution in [0.3, 0.4) is 0 Å². The van der Waals surface area contributed by atoms with Gasteiger partial charge in [-0.25, -0.2) is 18.0 Å². The number of likely N-dealkylation sites (tertiary alicyclic amines) is 1. The van der Waals surface area contributed by atoms with E-state index in [-0.39, 0.29) is 46.5 Å². The highest BCUT2D eigenvalue weighted by Gasteiger charge is 2.51. The second kappa shape index (κ2) is 15.5. The molecule has 3 aromatic rings. The number of aromatic nitrogens is 2. The van der Waals surface area contributed by atoms with Gasteiger partial charge in [0.15, 0.2) is 9.84 Å². The maximum Gasteiger partial charge on any atom is 0.429 e. The maximum atomic E-state index is 15.0. The molecule has 2 aromatic carbocycles. The number of nitrogens with zero attached hydrogens (tertiary/aromatic N) is 4. The van der Waals surface area contributed by atoms with Crippen LogP contribution < -0.4 is 15.4 Å². The second-order valence-corrected chi connectivity index (χ2v) is 16.7. The number of halogens is 3. The number of benzene rings is 2. The number of ether oxygens (including phenoxy) is 3. The van der Waals surface area contributed by atoms with E-state index in [2.05, 4.69) is 9.97 Å². The Labute approximate surface area is 313 Å². The number of amides is 1. The van der Waals surface area contributed by atoms with Gasteiger partial charge in [-0.3, -0.25) is 4.90 Å². The number of carbonyl (C=O) groups is 2. The van der Waals surface area contributed by atoms with E-state index >= 15 is 0 Å². The Hall–Kier alpha value is -4.86. The molecule has 292 valence electrons. The minimum Gasteiger partial charge on any atom is -0.464 e. The van der Waals surface area contributed by atoms with Crippen LogP contribution in [0.25, 0.3) is 17.2 Å². The zero-order valence-electron chi connectivity index (χ0n) is 31.1. The van der Waals surface area contributed by atoms with E-state index in [4.69, 9.17) is 19.9 Å². The zero-order valence-corrected chi connectivity index (χ0v) is 32.0. The zero-order chi connectivity index (χ0) is 39.6. The van der Waals surface area contributed by atoms with Crippen molar-refractivity contribution in [3.8, 4) is 17.0 Å². The summed E-state index contributed by atoms with van der Waals surface area (Å²) in [5.41, 5.74) is 5.55. The fourth-order valence-electron chi connectivity index (χ4n) is 6.91. The molecule has 2 saturated heterocycles. The quantitative estimate of drug-likeness (QED) is 0.224. The molecule has 1 unspecified atom stereocenters. The fourth-order valence-corrected chi connectivity index (χ4v) is 7.58. The van der Waals surface area contributed by atoms with Gasteiger partial charge in [0.1, 0.15) is 17.5 Å². The van der Waals surface area contributed by atoms with Gasteiger partial charge in [0.2, 0.25) is 17.9 Å². The molecule has 2 fully saturated rings. The van der Waals surface area contributed by atoms with Crippen LogP contribution in [0.5, 0.6) is 5.88 Å². The maximum absolute atomic E-state index is 15.0. The Kier molecular flexibility index (Phi) is 11.6. The largest absolute Gasteiger partial charge is 0.464 e. The fraction of sp³-hybridized carbons (Fsp3) is 0.474. The number of alkyl halides is 3. The molecule has 12 nitrogen and oxygen atoms in total. The molecule has 0 radical (unpaired) electrons. The Bertz CT molecular complexity index is 2010. The van der Waals surface area contributed by atoms with Gasteiger partial charge in [-0.2, -0.15) is 23.1 Å². The highest BCUT2D eigenvalue weighted by Crippen LogP contribution is 2.46. The predicted octanol–water partition coefficient (Wildman–Crippen LogP) is 7.00. The number of hydrogen-bond donors (Lipinski definition) is 1. The first-order valence-corrected chi connectivity index (χ1v) is 19.5. The number of nitrogen functional groups attached to an aromatic ring is 1. The van der Waals surface area contributed by atoms with Crippen molar-refractivity contribution in [1.82, 2.24) is 14.9 Å². The topological polar surface area (TPSA) is 154 Å². The van der Waals surface area contributed by atoms with Crippen LogP contribution >= 0.6 is 0 Å². The summed E-state index contributed by atoms with van der Waals surface area (Å²) in [5.74, 6) is -0.961. The first kappa shape index (κ1) is 40.3. The number of esters is 1. The van der Waals surface area contributed by atoms with Gasteiger partial charge in [0, 0.05) is 37.5 Å². The highest BCUT2D eigenvalue weighted by molar-refractivity contribution is 7.90. The second-order valence-electron chi connectivity index (χ2n) is 14.7. The molecule has 5 rings (SSSR count). The number of sulfone groups is 1. The number of carbonyl (C=O) groups excluding carboxylic acids is 2. The Morgan fingerprint density at radius 2 is 1.78 bits per heavy atom. The van der Waals surface area contributed by atoms with Gasteiger partial charge in [-0.15, -0.1) is 0 Å². The van der Waals surface area contributed by atoms with E-state index in [0.717, 1.165) is 6.26 Å². The summed E-state index contributed by atoms with van der Waals surface area (Å²) < 4.78 is 86.1.